The Bertz CT molecular complexity index is 1420. The number of aromatic nitrogens is 2. The van der Waals surface area contributed by atoms with E-state index in [0.29, 0.717) is 11.3 Å². The van der Waals surface area contributed by atoms with Crippen molar-refractivity contribution < 1.29 is 9.90 Å². The number of rotatable bonds is 6. The van der Waals surface area contributed by atoms with Gasteiger partial charge in [-0.25, -0.2) is 9.59 Å². The number of aromatic carboxylic acids is 1. The maximum Gasteiger partial charge on any atom is 0.335 e. The number of carbonyl (C=O) groups is 1. The van der Waals surface area contributed by atoms with E-state index in [1.54, 1.807) is 37.1 Å². The van der Waals surface area contributed by atoms with Gasteiger partial charge in [-0.1, -0.05) is 23.9 Å². The molecule has 36 heavy (non-hydrogen) atoms. The van der Waals surface area contributed by atoms with E-state index in [1.807, 2.05) is 18.2 Å². The Hall–Kier alpha value is -3.50. The lowest BCUT2D eigenvalue weighted by Gasteiger charge is -2.37. The summed E-state index contributed by atoms with van der Waals surface area (Å²) in [4.78, 5) is 45.1. The van der Waals surface area contributed by atoms with Crippen LogP contribution >= 0.6 is 11.8 Å². The Morgan fingerprint density at radius 2 is 1.64 bits per heavy atom. The Labute approximate surface area is 213 Å². The SMILES string of the molecule is Cn1cc(N2CCN(CCCN3c4ccccc4Sc4ccc(C(=O)O)cc43)CC2)c(=O)n(C)c1=O. The van der Waals surface area contributed by atoms with E-state index in [-0.39, 0.29) is 11.2 Å². The summed E-state index contributed by atoms with van der Waals surface area (Å²) in [5, 5.41) is 9.51. The summed E-state index contributed by atoms with van der Waals surface area (Å²) in [6.45, 7) is 4.79. The second-order valence-electron chi connectivity index (χ2n) is 9.16. The predicted octanol–water partition coefficient (Wildman–Crippen LogP) is 2.60. The van der Waals surface area contributed by atoms with E-state index in [1.165, 1.54) is 16.5 Å². The fraction of sp³-hybridized carbons (Fsp3) is 0.346. The lowest BCUT2D eigenvalue weighted by molar-refractivity contribution is 0.0697. The van der Waals surface area contributed by atoms with Gasteiger partial charge in [0.1, 0.15) is 5.69 Å². The monoisotopic (exact) mass is 507 g/mol. The van der Waals surface area contributed by atoms with Crippen molar-refractivity contribution in [2.45, 2.75) is 16.2 Å². The number of nitrogens with zero attached hydrogens (tertiary/aromatic N) is 5. The van der Waals surface area contributed by atoms with Crippen molar-refractivity contribution in [3.8, 4) is 0 Å². The molecule has 2 aromatic carbocycles. The molecule has 0 radical (unpaired) electrons. The molecule has 5 rings (SSSR count). The quantitative estimate of drug-likeness (QED) is 0.545. The van der Waals surface area contributed by atoms with Crippen LogP contribution in [0, 0.1) is 0 Å². The molecule has 1 aromatic heterocycles. The summed E-state index contributed by atoms with van der Waals surface area (Å²) in [5.74, 6) is -0.923. The molecule has 0 bridgehead atoms. The van der Waals surface area contributed by atoms with Gasteiger partial charge in [0, 0.05) is 62.8 Å². The maximum absolute atomic E-state index is 12.6. The standard InChI is InChI=1S/C26H29N5O4S/c1-27-17-21(24(32)28(2)26(27)35)30-14-12-29(13-15-30)10-5-11-31-19-6-3-4-7-22(19)36-23-9-8-18(25(33)34)16-20(23)31/h3-4,6-9,16-17H,5,10-15H2,1-2H3,(H,33,34). The molecule has 1 N–H and O–H groups in total. The average Bonchev–Trinajstić information content (AvgIpc) is 2.89. The van der Waals surface area contributed by atoms with Crippen molar-refractivity contribution in [3.63, 3.8) is 0 Å². The summed E-state index contributed by atoms with van der Waals surface area (Å²) in [5.41, 5.74) is 2.32. The number of piperazine rings is 1. The third kappa shape index (κ3) is 4.54. The van der Waals surface area contributed by atoms with Gasteiger partial charge in [-0.15, -0.1) is 0 Å². The molecule has 0 unspecified atom stereocenters. The first-order valence-electron chi connectivity index (χ1n) is 12.0. The van der Waals surface area contributed by atoms with Gasteiger partial charge in [0.15, 0.2) is 0 Å². The number of carboxylic acids is 1. The highest BCUT2D eigenvalue weighted by molar-refractivity contribution is 7.99. The molecular weight excluding hydrogens is 478 g/mol. The number of hydrogen-bond donors (Lipinski definition) is 1. The van der Waals surface area contributed by atoms with Gasteiger partial charge in [0.25, 0.3) is 5.56 Å². The predicted molar refractivity (Wildman–Crippen MR) is 141 cm³/mol. The molecule has 2 aliphatic rings. The third-order valence-corrected chi connectivity index (χ3v) is 8.00. The Kier molecular flexibility index (Phi) is 6.63. The molecule has 1 saturated heterocycles. The van der Waals surface area contributed by atoms with Crippen molar-refractivity contribution in [1.29, 1.82) is 0 Å². The first-order valence-corrected chi connectivity index (χ1v) is 12.8. The average molecular weight is 508 g/mol. The van der Waals surface area contributed by atoms with E-state index in [4.69, 9.17) is 0 Å². The lowest BCUT2D eigenvalue weighted by atomic mass is 10.1. The van der Waals surface area contributed by atoms with Crippen LogP contribution in [-0.2, 0) is 14.1 Å². The highest BCUT2D eigenvalue weighted by Crippen LogP contribution is 2.48. The van der Waals surface area contributed by atoms with Gasteiger partial charge < -0.3 is 19.5 Å². The van der Waals surface area contributed by atoms with Crippen LogP contribution in [0.4, 0.5) is 17.1 Å². The van der Waals surface area contributed by atoms with E-state index in [2.05, 4.69) is 26.8 Å². The van der Waals surface area contributed by atoms with E-state index < -0.39 is 5.97 Å². The van der Waals surface area contributed by atoms with Crippen molar-refractivity contribution in [1.82, 2.24) is 14.0 Å². The number of benzene rings is 2. The van der Waals surface area contributed by atoms with Crippen molar-refractivity contribution >= 4 is 34.8 Å². The fourth-order valence-electron chi connectivity index (χ4n) is 4.87. The zero-order chi connectivity index (χ0) is 25.4. The third-order valence-electron chi connectivity index (χ3n) is 6.87. The van der Waals surface area contributed by atoms with Crippen molar-refractivity contribution in [2.24, 2.45) is 14.1 Å². The zero-order valence-corrected chi connectivity index (χ0v) is 21.2. The fourth-order valence-corrected chi connectivity index (χ4v) is 5.95. The number of aryl methyl sites for hydroxylation is 1. The molecule has 2 aliphatic heterocycles. The minimum atomic E-state index is -0.923. The molecular formula is C26H29N5O4S. The molecule has 0 atom stereocenters. The van der Waals surface area contributed by atoms with Gasteiger partial charge in [0.2, 0.25) is 0 Å². The molecule has 0 saturated carbocycles. The van der Waals surface area contributed by atoms with Crippen LogP contribution < -0.4 is 21.0 Å². The molecule has 10 heteroatoms. The molecule has 3 heterocycles. The lowest BCUT2D eigenvalue weighted by Crippen LogP contribution is -2.50. The Morgan fingerprint density at radius 3 is 2.39 bits per heavy atom. The topological polar surface area (TPSA) is 91.0 Å². The number of para-hydroxylation sites is 1. The molecule has 9 nitrogen and oxygen atoms in total. The number of carboxylic acid groups (broad SMARTS) is 1. The Morgan fingerprint density at radius 1 is 0.917 bits per heavy atom. The summed E-state index contributed by atoms with van der Waals surface area (Å²) < 4.78 is 2.61. The van der Waals surface area contributed by atoms with E-state index >= 15 is 0 Å². The number of fused-ring (bicyclic) bond motifs is 2. The largest absolute Gasteiger partial charge is 0.478 e. The van der Waals surface area contributed by atoms with Crippen LogP contribution in [0.25, 0.3) is 0 Å². The second-order valence-corrected chi connectivity index (χ2v) is 10.2. The molecule has 0 aliphatic carbocycles. The van der Waals surface area contributed by atoms with Gasteiger partial charge in [-0.05, 0) is 43.3 Å². The smallest absolute Gasteiger partial charge is 0.335 e. The summed E-state index contributed by atoms with van der Waals surface area (Å²) in [7, 11) is 3.18. The first kappa shape index (κ1) is 24.2. The summed E-state index contributed by atoms with van der Waals surface area (Å²) in [6, 6.07) is 13.6. The van der Waals surface area contributed by atoms with Gasteiger partial charge in [0.05, 0.1) is 16.9 Å². The highest BCUT2D eigenvalue weighted by Gasteiger charge is 2.25. The molecule has 0 amide bonds. The maximum atomic E-state index is 12.6. The molecule has 1 fully saturated rings. The summed E-state index contributed by atoms with van der Waals surface area (Å²) >= 11 is 1.67. The van der Waals surface area contributed by atoms with Crippen molar-refractivity contribution in [2.75, 3.05) is 49.1 Å². The van der Waals surface area contributed by atoms with Crippen LogP contribution in [0.2, 0.25) is 0 Å². The Balaban J connectivity index is 1.25. The first-order chi connectivity index (χ1) is 17.3. The normalized spacial score (nSPS) is 15.5. The molecule has 0 spiro atoms. The zero-order valence-electron chi connectivity index (χ0n) is 20.4. The van der Waals surface area contributed by atoms with Crippen molar-refractivity contribution in [3.05, 3.63) is 75.1 Å². The van der Waals surface area contributed by atoms with E-state index in [9.17, 15) is 19.5 Å². The van der Waals surface area contributed by atoms with Crippen LogP contribution in [0.1, 0.15) is 16.8 Å². The van der Waals surface area contributed by atoms with Gasteiger partial charge in [-0.2, -0.15) is 0 Å². The molecule has 3 aromatic rings. The van der Waals surface area contributed by atoms with Gasteiger partial charge >= 0.3 is 11.7 Å². The number of anilines is 3. The van der Waals surface area contributed by atoms with Crippen LogP contribution in [-0.4, -0.2) is 64.4 Å². The molecule has 188 valence electrons. The minimum Gasteiger partial charge on any atom is -0.478 e. The minimum absolute atomic E-state index is 0.257. The van der Waals surface area contributed by atoms with E-state index in [0.717, 1.165) is 66.5 Å². The second kappa shape index (κ2) is 9.87. The van der Waals surface area contributed by atoms with Crippen LogP contribution in [0.3, 0.4) is 0 Å². The highest BCUT2D eigenvalue weighted by atomic mass is 32.2. The van der Waals surface area contributed by atoms with Gasteiger partial charge in [-0.3, -0.25) is 14.3 Å². The van der Waals surface area contributed by atoms with Crippen LogP contribution in [0.5, 0.6) is 0 Å². The number of hydrogen-bond acceptors (Lipinski definition) is 7. The summed E-state index contributed by atoms with van der Waals surface area (Å²) in [6.07, 6.45) is 2.55. The van der Waals surface area contributed by atoms with Crippen LogP contribution in [0.15, 0.2) is 68.0 Å².